The monoisotopic (exact) mass is 315 g/mol. The van der Waals surface area contributed by atoms with Gasteiger partial charge in [-0.3, -0.25) is 4.79 Å². The molecule has 3 heteroatoms. The summed E-state index contributed by atoms with van der Waals surface area (Å²) in [5.74, 6) is 0.866. The van der Waals surface area contributed by atoms with Crippen LogP contribution in [0.2, 0.25) is 0 Å². The van der Waals surface area contributed by atoms with Gasteiger partial charge < -0.3 is 9.30 Å². The molecule has 0 saturated carbocycles. The number of benzene rings is 3. The Morgan fingerprint density at radius 1 is 0.917 bits per heavy atom. The lowest BCUT2D eigenvalue weighted by Crippen LogP contribution is -1.95. The molecule has 0 fully saturated rings. The maximum atomic E-state index is 11.1. The van der Waals surface area contributed by atoms with Gasteiger partial charge in [0.25, 0.3) is 0 Å². The van der Waals surface area contributed by atoms with Gasteiger partial charge in [-0.25, -0.2) is 0 Å². The minimum absolute atomic E-state index is 0.656. The van der Waals surface area contributed by atoms with Gasteiger partial charge >= 0.3 is 0 Å². The quantitative estimate of drug-likeness (QED) is 0.497. The van der Waals surface area contributed by atoms with Crippen molar-refractivity contribution in [2.75, 3.05) is 6.61 Å². The summed E-state index contributed by atoms with van der Waals surface area (Å²) in [6.45, 7) is 2.63. The minimum atomic E-state index is 0.656. The molecule has 118 valence electrons. The van der Waals surface area contributed by atoms with Crippen LogP contribution < -0.4 is 4.74 Å². The highest BCUT2D eigenvalue weighted by molar-refractivity contribution is 6.10. The van der Waals surface area contributed by atoms with E-state index in [-0.39, 0.29) is 0 Å². The van der Waals surface area contributed by atoms with Crippen molar-refractivity contribution < 1.29 is 9.53 Å². The molecule has 0 aliphatic carbocycles. The van der Waals surface area contributed by atoms with Crippen LogP contribution in [-0.4, -0.2) is 17.5 Å². The molecule has 1 heterocycles. The van der Waals surface area contributed by atoms with Crippen molar-refractivity contribution in [2.24, 2.45) is 0 Å². The third-order valence-electron chi connectivity index (χ3n) is 4.24. The van der Waals surface area contributed by atoms with Crippen LogP contribution in [0.3, 0.4) is 0 Å². The van der Waals surface area contributed by atoms with E-state index in [1.807, 2.05) is 49.4 Å². The van der Waals surface area contributed by atoms with Gasteiger partial charge in [-0.15, -0.1) is 0 Å². The lowest BCUT2D eigenvalue weighted by atomic mass is 10.1. The second-order valence-electron chi connectivity index (χ2n) is 5.67. The smallest absolute Gasteiger partial charge is 0.150 e. The number of fused-ring (bicyclic) bond motifs is 3. The second-order valence-corrected chi connectivity index (χ2v) is 5.67. The van der Waals surface area contributed by atoms with Gasteiger partial charge in [-0.05, 0) is 55.5 Å². The van der Waals surface area contributed by atoms with Gasteiger partial charge in [0, 0.05) is 22.0 Å². The Morgan fingerprint density at radius 2 is 1.67 bits per heavy atom. The highest BCUT2D eigenvalue weighted by Crippen LogP contribution is 2.32. The molecule has 4 aromatic rings. The lowest BCUT2D eigenvalue weighted by molar-refractivity contribution is 0.112. The summed E-state index contributed by atoms with van der Waals surface area (Å²) in [6.07, 6.45) is 0.891. The molecule has 0 N–H and O–H groups in total. The van der Waals surface area contributed by atoms with Crippen LogP contribution in [0.15, 0.2) is 66.7 Å². The van der Waals surface area contributed by atoms with Crippen LogP contribution in [0.1, 0.15) is 17.3 Å². The maximum Gasteiger partial charge on any atom is 0.150 e. The molecule has 0 aliphatic heterocycles. The Morgan fingerprint density at radius 3 is 2.42 bits per heavy atom. The number of nitrogens with zero attached hydrogens (tertiary/aromatic N) is 1. The zero-order valence-corrected chi connectivity index (χ0v) is 13.4. The fourth-order valence-electron chi connectivity index (χ4n) is 3.20. The van der Waals surface area contributed by atoms with Crippen molar-refractivity contribution in [1.82, 2.24) is 4.57 Å². The molecule has 0 atom stereocenters. The van der Waals surface area contributed by atoms with Crippen LogP contribution in [0.4, 0.5) is 0 Å². The zero-order chi connectivity index (χ0) is 16.5. The fraction of sp³-hybridized carbons (Fsp3) is 0.0952. The van der Waals surface area contributed by atoms with Gasteiger partial charge in [0.05, 0.1) is 17.6 Å². The van der Waals surface area contributed by atoms with Crippen LogP contribution in [-0.2, 0) is 0 Å². The number of hydrogen-bond donors (Lipinski definition) is 0. The van der Waals surface area contributed by atoms with E-state index in [1.165, 1.54) is 0 Å². The first kappa shape index (κ1) is 14.5. The third-order valence-corrected chi connectivity index (χ3v) is 4.24. The Bertz CT molecular complexity index is 1030. The molecule has 0 amide bonds. The van der Waals surface area contributed by atoms with Crippen molar-refractivity contribution in [3.05, 3.63) is 72.3 Å². The number of ether oxygens (including phenoxy) is 1. The van der Waals surface area contributed by atoms with Gasteiger partial charge in [0.15, 0.2) is 0 Å². The summed E-state index contributed by atoms with van der Waals surface area (Å²) in [4.78, 5) is 11.1. The van der Waals surface area contributed by atoms with Gasteiger partial charge in [0.2, 0.25) is 0 Å². The molecule has 0 bridgehead atoms. The van der Waals surface area contributed by atoms with Crippen LogP contribution in [0.5, 0.6) is 5.75 Å². The third kappa shape index (κ3) is 2.26. The van der Waals surface area contributed by atoms with E-state index < -0.39 is 0 Å². The summed E-state index contributed by atoms with van der Waals surface area (Å²) in [7, 11) is 0. The Kier molecular flexibility index (Phi) is 3.54. The van der Waals surface area contributed by atoms with Crippen molar-refractivity contribution in [2.45, 2.75) is 6.92 Å². The minimum Gasteiger partial charge on any atom is -0.494 e. The highest BCUT2D eigenvalue weighted by Gasteiger charge is 2.12. The summed E-state index contributed by atoms with van der Waals surface area (Å²) >= 11 is 0. The highest BCUT2D eigenvalue weighted by atomic mass is 16.5. The average Bonchev–Trinajstić information content (AvgIpc) is 2.96. The van der Waals surface area contributed by atoms with E-state index in [9.17, 15) is 4.79 Å². The maximum absolute atomic E-state index is 11.1. The van der Waals surface area contributed by atoms with Crippen molar-refractivity contribution in [1.29, 1.82) is 0 Å². The van der Waals surface area contributed by atoms with Crippen LogP contribution in [0, 0.1) is 0 Å². The molecule has 3 nitrogen and oxygen atoms in total. The standard InChI is InChI=1S/C21H17NO2/c1-2-24-17-10-8-16(9-11-17)22-20-6-4-3-5-18(20)19-13-15(14-23)7-12-21(19)22/h3-14H,2H2,1H3. The molecule has 3 aromatic carbocycles. The summed E-state index contributed by atoms with van der Waals surface area (Å²) in [5, 5.41) is 2.23. The summed E-state index contributed by atoms with van der Waals surface area (Å²) in [5.41, 5.74) is 3.98. The molecule has 0 spiro atoms. The molecular weight excluding hydrogens is 298 g/mol. The predicted octanol–water partition coefficient (Wildman–Crippen LogP) is 4.99. The zero-order valence-electron chi connectivity index (χ0n) is 13.4. The Hall–Kier alpha value is -3.07. The number of hydrogen-bond acceptors (Lipinski definition) is 2. The number of aromatic nitrogens is 1. The molecule has 24 heavy (non-hydrogen) atoms. The number of carbonyl (C=O) groups excluding carboxylic acids is 1. The number of rotatable bonds is 4. The van der Waals surface area contributed by atoms with Crippen molar-refractivity contribution in [3.63, 3.8) is 0 Å². The topological polar surface area (TPSA) is 31.2 Å². The molecule has 4 rings (SSSR count). The number of para-hydroxylation sites is 1. The number of carbonyl (C=O) groups is 1. The largest absolute Gasteiger partial charge is 0.494 e. The normalized spacial score (nSPS) is 11.0. The van der Waals surface area contributed by atoms with E-state index in [1.54, 1.807) is 0 Å². The summed E-state index contributed by atoms with van der Waals surface area (Å²) in [6, 6.07) is 22.2. The average molecular weight is 315 g/mol. The molecular formula is C21H17NO2. The van der Waals surface area contributed by atoms with E-state index in [4.69, 9.17) is 4.74 Å². The van der Waals surface area contributed by atoms with Crippen molar-refractivity contribution >= 4 is 28.1 Å². The first-order valence-electron chi connectivity index (χ1n) is 8.03. The molecule has 0 aliphatic rings. The van der Waals surface area contributed by atoms with Gasteiger partial charge in [-0.2, -0.15) is 0 Å². The lowest BCUT2D eigenvalue weighted by Gasteiger charge is -2.09. The first-order chi connectivity index (χ1) is 11.8. The molecule has 0 saturated heterocycles. The molecule has 0 radical (unpaired) electrons. The predicted molar refractivity (Wildman–Crippen MR) is 97.3 cm³/mol. The van der Waals surface area contributed by atoms with Gasteiger partial charge in [0.1, 0.15) is 12.0 Å². The van der Waals surface area contributed by atoms with Crippen molar-refractivity contribution in [3.8, 4) is 11.4 Å². The van der Waals surface area contributed by atoms with Gasteiger partial charge in [-0.1, -0.05) is 18.2 Å². The van der Waals surface area contributed by atoms with E-state index in [0.717, 1.165) is 39.5 Å². The Balaban J connectivity index is 2.00. The van der Waals surface area contributed by atoms with Crippen LogP contribution >= 0.6 is 0 Å². The van der Waals surface area contributed by atoms with E-state index in [2.05, 4.69) is 28.8 Å². The Labute approximate surface area is 140 Å². The fourth-order valence-corrected chi connectivity index (χ4v) is 3.20. The van der Waals surface area contributed by atoms with E-state index in [0.29, 0.717) is 12.2 Å². The molecule has 1 aromatic heterocycles. The molecule has 0 unspecified atom stereocenters. The van der Waals surface area contributed by atoms with E-state index >= 15 is 0 Å². The SMILES string of the molecule is CCOc1ccc(-n2c3ccccc3c3cc(C=O)ccc32)cc1. The van der Waals surface area contributed by atoms with Crippen LogP contribution in [0.25, 0.3) is 27.5 Å². The number of aldehydes is 1. The second kappa shape index (κ2) is 5.85. The first-order valence-corrected chi connectivity index (χ1v) is 8.03. The summed E-state index contributed by atoms with van der Waals surface area (Å²) < 4.78 is 7.75.